The smallest absolute Gasteiger partial charge is 0.323 e. The summed E-state index contributed by atoms with van der Waals surface area (Å²) in [6.45, 7) is 9.89. The van der Waals surface area contributed by atoms with Crippen LogP contribution in [0.15, 0.2) is 84.9 Å². The second kappa shape index (κ2) is 13.8. The molecule has 0 aliphatic heterocycles. The van der Waals surface area contributed by atoms with E-state index in [1.54, 1.807) is 30.3 Å². The minimum absolute atomic E-state index is 0.0170. The Morgan fingerprint density at radius 3 is 2.15 bits per heavy atom. The number of anilines is 4. The molecule has 4 N–H and O–H groups in total. The number of nitrogens with zero attached hydrogens (tertiary/aromatic N) is 2. The van der Waals surface area contributed by atoms with Gasteiger partial charge in [-0.15, -0.1) is 0 Å². The molecule has 0 saturated carbocycles. The Labute approximate surface area is 281 Å². The van der Waals surface area contributed by atoms with Crippen LogP contribution in [0.4, 0.5) is 27.8 Å². The highest BCUT2D eigenvalue weighted by molar-refractivity contribution is 7.92. The average Bonchev–Trinajstić information content (AvgIpc) is 3.01. The van der Waals surface area contributed by atoms with Crippen LogP contribution >= 0.6 is 0 Å². The van der Waals surface area contributed by atoms with E-state index >= 15 is 0 Å². The molecule has 1 aromatic heterocycles. The van der Waals surface area contributed by atoms with Crippen LogP contribution in [0.3, 0.4) is 0 Å². The Balaban J connectivity index is 1.40. The van der Waals surface area contributed by atoms with Gasteiger partial charge in [0.25, 0.3) is 0 Å². The summed E-state index contributed by atoms with van der Waals surface area (Å²) in [4.78, 5) is 22.6. The lowest BCUT2D eigenvalue weighted by molar-refractivity contribution is 0.262. The van der Waals surface area contributed by atoms with Gasteiger partial charge in [0.15, 0.2) is 5.75 Å². The molecule has 1 unspecified atom stereocenters. The lowest BCUT2D eigenvalue weighted by Gasteiger charge is -2.24. The van der Waals surface area contributed by atoms with Gasteiger partial charge in [0.05, 0.1) is 36.5 Å². The third-order valence-electron chi connectivity index (χ3n) is 7.53. The van der Waals surface area contributed by atoms with Gasteiger partial charge in [0.2, 0.25) is 21.9 Å². The Bertz CT molecular complexity index is 2060. The molecule has 0 aliphatic rings. The first-order chi connectivity index (χ1) is 22.7. The van der Waals surface area contributed by atoms with Crippen LogP contribution in [0.25, 0.3) is 10.8 Å². The number of fused-ring (bicyclic) bond motifs is 1. The molecule has 5 aromatic rings. The van der Waals surface area contributed by atoms with E-state index in [0.29, 0.717) is 29.0 Å². The molecule has 12 heteroatoms. The van der Waals surface area contributed by atoms with Crippen molar-refractivity contribution in [1.82, 2.24) is 9.97 Å². The number of methoxy groups -OCH3 is 1. The predicted molar refractivity (Wildman–Crippen MR) is 192 cm³/mol. The maximum atomic E-state index is 13.4. The van der Waals surface area contributed by atoms with E-state index in [4.69, 9.17) is 9.47 Å². The van der Waals surface area contributed by atoms with Gasteiger partial charge < -0.3 is 25.4 Å². The normalized spacial score (nSPS) is 12.2. The molecule has 5 rings (SSSR count). The fraction of sp³-hybridized carbons (Fsp3) is 0.250. The lowest BCUT2D eigenvalue weighted by atomic mass is 9.86. The number of rotatable bonds is 10. The van der Waals surface area contributed by atoms with Crippen LogP contribution in [0.1, 0.15) is 50.6 Å². The van der Waals surface area contributed by atoms with Gasteiger partial charge in [-0.25, -0.2) is 18.2 Å². The van der Waals surface area contributed by atoms with Crippen molar-refractivity contribution in [3.05, 3.63) is 102 Å². The van der Waals surface area contributed by atoms with Crippen molar-refractivity contribution < 1.29 is 22.7 Å². The van der Waals surface area contributed by atoms with E-state index in [2.05, 4.69) is 30.6 Å². The molecule has 0 saturated heterocycles. The van der Waals surface area contributed by atoms with Crippen molar-refractivity contribution in [1.29, 1.82) is 0 Å². The molecule has 4 aromatic carbocycles. The number of sulfonamides is 1. The van der Waals surface area contributed by atoms with Crippen molar-refractivity contribution in [3.8, 4) is 17.4 Å². The maximum Gasteiger partial charge on any atom is 0.323 e. The zero-order chi connectivity index (χ0) is 34.6. The van der Waals surface area contributed by atoms with Crippen LogP contribution < -0.4 is 30.1 Å². The summed E-state index contributed by atoms with van der Waals surface area (Å²) < 4.78 is 38.6. The number of carbonyl (C=O) groups is 1. The van der Waals surface area contributed by atoms with Crippen molar-refractivity contribution in [2.75, 3.05) is 34.0 Å². The number of carbonyl (C=O) groups excluding carboxylic acids is 1. The van der Waals surface area contributed by atoms with E-state index < -0.39 is 16.1 Å². The number of hydrogen-bond acceptors (Lipinski definition) is 8. The molecule has 1 heterocycles. The zero-order valence-corrected chi connectivity index (χ0v) is 28.8. The quantitative estimate of drug-likeness (QED) is 0.117. The van der Waals surface area contributed by atoms with Gasteiger partial charge in [0, 0.05) is 22.5 Å². The number of aryl methyl sites for hydroxylation is 1. The molecule has 250 valence electrons. The Hall–Kier alpha value is -5.36. The number of aromatic nitrogens is 2. The second-order valence-electron chi connectivity index (χ2n) is 12.5. The zero-order valence-electron chi connectivity index (χ0n) is 28.0. The molecule has 48 heavy (non-hydrogen) atoms. The first kappa shape index (κ1) is 34.0. The summed E-state index contributed by atoms with van der Waals surface area (Å²) in [5, 5.41) is 10.6. The second-order valence-corrected chi connectivity index (χ2v) is 14.3. The molecule has 2 amide bonds. The summed E-state index contributed by atoms with van der Waals surface area (Å²) in [6.07, 6.45) is 1.06. The Morgan fingerprint density at radius 2 is 1.48 bits per heavy atom. The van der Waals surface area contributed by atoms with Gasteiger partial charge in [-0.3, -0.25) is 4.72 Å². The number of hydrogen-bond donors (Lipinski definition) is 4. The van der Waals surface area contributed by atoms with E-state index in [0.717, 1.165) is 33.8 Å². The van der Waals surface area contributed by atoms with Crippen molar-refractivity contribution in [3.63, 3.8) is 0 Å². The summed E-state index contributed by atoms with van der Waals surface area (Å²) in [5.41, 5.74) is 3.36. The molecule has 0 aliphatic carbocycles. The summed E-state index contributed by atoms with van der Waals surface area (Å²) in [7, 11) is -2.21. The Kier molecular flexibility index (Phi) is 9.76. The maximum absolute atomic E-state index is 13.4. The molecule has 0 bridgehead atoms. The van der Waals surface area contributed by atoms with Crippen LogP contribution in [0.5, 0.6) is 17.4 Å². The highest BCUT2D eigenvalue weighted by Gasteiger charge is 2.22. The first-order valence-corrected chi connectivity index (χ1v) is 17.2. The fourth-order valence-corrected chi connectivity index (χ4v) is 5.73. The number of ether oxygens (including phenoxy) is 2. The lowest BCUT2D eigenvalue weighted by Crippen LogP contribution is -2.22. The Morgan fingerprint density at radius 1 is 0.833 bits per heavy atom. The van der Waals surface area contributed by atoms with Gasteiger partial charge in [-0.05, 0) is 54.7 Å². The summed E-state index contributed by atoms with van der Waals surface area (Å²) in [5.74, 6) is 1.55. The van der Waals surface area contributed by atoms with Crippen LogP contribution in [0, 0.1) is 6.92 Å². The molecular formula is C36H40N6O5S. The molecular weight excluding hydrogens is 629 g/mol. The molecule has 0 radical (unpaired) electrons. The van der Waals surface area contributed by atoms with Gasteiger partial charge in [-0.1, -0.05) is 75.4 Å². The molecule has 0 spiro atoms. The van der Waals surface area contributed by atoms with E-state index in [1.165, 1.54) is 7.11 Å². The summed E-state index contributed by atoms with van der Waals surface area (Å²) >= 11 is 0. The number of amides is 2. The van der Waals surface area contributed by atoms with E-state index in [1.807, 2.05) is 89.2 Å². The minimum Gasteiger partial charge on any atom is -0.492 e. The highest BCUT2D eigenvalue weighted by atomic mass is 32.2. The van der Waals surface area contributed by atoms with Crippen LogP contribution in [-0.2, 0) is 15.4 Å². The highest BCUT2D eigenvalue weighted by Crippen LogP contribution is 2.40. The van der Waals surface area contributed by atoms with E-state index in [9.17, 15) is 13.2 Å². The van der Waals surface area contributed by atoms with Crippen LogP contribution in [-0.4, -0.2) is 37.8 Å². The monoisotopic (exact) mass is 668 g/mol. The number of nitrogens with one attached hydrogen (secondary N) is 4. The van der Waals surface area contributed by atoms with Gasteiger partial charge in [-0.2, -0.15) is 4.98 Å². The third-order valence-corrected chi connectivity index (χ3v) is 8.12. The van der Waals surface area contributed by atoms with Crippen molar-refractivity contribution >= 4 is 49.8 Å². The molecule has 11 nitrogen and oxygen atoms in total. The number of benzene rings is 4. The minimum atomic E-state index is -3.62. The van der Waals surface area contributed by atoms with Gasteiger partial charge in [0.1, 0.15) is 5.75 Å². The SMILES string of the molecule is COc1c(NC(=O)Nc2ccc(Oc3cc(C)nc(NC(C)c4ccccc4)n3)c3ccccc23)cc(C(C)(C)C)cc1NS(C)(=O)=O. The third kappa shape index (κ3) is 8.31. The van der Waals surface area contributed by atoms with Gasteiger partial charge >= 0.3 is 6.03 Å². The average molecular weight is 669 g/mol. The fourth-order valence-electron chi connectivity index (χ4n) is 5.18. The first-order valence-electron chi connectivity index (χ1n) is 15.4. The summed E-state index contributed by atoms with van der Waals surface area (Å²) in [6, 6.07) is 25.8. The molecule has 1 atom stereocenters. The van der Waals surface area contributed by atoms with Crippen LogP contribution in [0.2, 0.25) is 0 Å². The standard InChI is InChI=1S/C36H40N6O5S/c1-22-19-32(41-34(37-22)38-23(2)24-13-9-8-10-14-24)47-31-18-17-28(26-15-11-12-16-27(26)31)39-35(43)40-29-20-25(36(3,4)5)21-30(33(29)46-6)42-48(7,44)45/h8-21,23,42H,1-7H3,(H,37,38,41)(H2,39,40,43). The van der Waals surface area contributed by atoms with E-state index in [-0.39, 0.29) is 22.9 Å². The predicted octanol–water partition coefficient (Wildman–Crippen LogP) is 8.23. The molecule has 0 fully saturated rings. The van der Waals surface area contributed by atoms with Crippen molar-refractivity contribution in [2.24, 2.45) is 0 Å². The van der Waals surface area contributed by atoms with Crippen molar-refractivity contribution in [2.45, 2.75) is 46.1 Å². The topological polar surface area (TPSA) is 144 Å². The number of urea groups is 1. The largest absolute Gasteiger partial charge is 0.492 e.